The van der Waals surface area contributed by atoms with E-state index in [1.165, 1.54) is 26.4 Å². The van der Waals surface area contributed by atoms with Gasteiger partial charge in [-0.15, -0.1) is 0 Å². The minimum atomic E-state index is -0.663. The Labute approximate surface area is 123 Å². The first-order valence-electron chi connectivity index (χ1n) is 6.25. The third-order valence-electron chi connectivity index (χ3n) is 3.39. The van der Waals surface area contributed by atoms with Crippen molar-refractivity contribution in [3.8, 4) is 28.7 Å². The van der Waals surface area contributed by atoms with Gasteiger partial charge in [0.05, 0.1) is 14.2 Å². The number of hydrogen-bond acceptors (Lipinski definition) is 7. The van der Waals surface area contributed by atoms with E-state index in [1.54, 1.807) is 0 Å². The van der Waals surface area contributed by atoms with E-state index in [-0.39, 0.29) is 44.9 Å². The van der Waals surface area contributed by atoms with Crippen molar-refractivity contribution >= 4 is 21.9 Å². The zero-order chi connectivity index (χ0) is 16.0. The molecule has 0 amide bonds. The van der Waals surface area contributed by atoms with Gasteiger partial charge in [-0.05, 0) is 12.1 Å². The summed E-state index contributed by atoms with van der Waals surface area (Å²) < 4.78 is 15.5. The molecule has 3 rings (SSSR count). The monoisotopic (exact) mass is 304 g/mol. The van der Waals surface area contributed by atoms with E-state index in [2.05, 4.69) is 0 Å². The topological polar surface area (TPSA) is 109 Å². The van der Waals surface area contributed by atoms with Gasteiger partial charge >= 0.3 is 0 Å². The van der Waals surface area contributed by atoms with Gasteiger partial charge in [0.15, 0.2) is 22.8 Å². The van der Waals surface area contributed by atoms with E-state index in [1.807, 2.05) is 0 Å². The molecule has 0 aliphatic rings. The van der Waals surface area contributed by atoms with Crippen molar-refractivity contribution in [3.63, 3.8) is 0 Å². The molecule has 3 N–H and O–H groups in total. The Morgan fingerprint density at radius 3 is 2.36 bits per heavy atom. The summed E-state index contributed by atoms with van der Waals surface area (Å²) in [5.74, 6) is -1.22. The molecule has 7 heteroatoms. The molecule has 0 aliphatic heterocycles. The average Bonchev–Trinajstić information content (AvgIpc) is 2.47. The maximum absolute atomic E-state index is 12.6. The number of phenols is 3. The maximum Gasteiger partial charge on any atom is 0.208 e. The first kappa shape index (κ1) is 13.9. The Kier molecular flexibility index (Phi) is 2.98. The molecule has 0 fully saturated rings. The van der Waals surface area contributed by atoms with Crippen molar-refractivity contribution in [3.05, 3.63) is 28.4 Å². The highest BCUT2D eigenvalue weighted by molar-refractivity contribution is 5.99. The molecule has 1 heterocycles. The molecule has 0 spiro atoms. The smallest absolute Gasteiger partial charge is 0.208 e. The molecule has 0 unspecified atom stereocenters. The van der Waals surface area contributed by atoms with Gasteiger partial charge in [-0.3, -0.25) is 4.79 Å². The van der Waals surface area contributed by atoms with Crippen molar-refractivity contribution in [2.24, 2.45) is 0 Å². The van der Waals surface area contributed by atoms with E-state index in [9.17, 15) is 20.1 Å². The molecular formula is C15H12O7. The fourth-order valence-corrected chi connectivity index (χ4v) is 2.39. The first-order chi connectivity index (χ1) is 10.5. The molecule has 22 heavy (non-hydrogen) atoms. The van der Waals surface area contributed by atoms with E-state index < -0.39 is 11.2 Å². The van der Waals surface area contributed by atoms with Crippen LogP contribution >= 0.6 is 0 Å². The minimum Gasteiger partial charge on any atom is -0.507 e. The number of methoxy groups -OCH3 is 2. The van der Waals surface area contributed by atoms with Gasteiger partial charge in [-0.25, -0.2) is 0 Å². The molecule has 0 radical (unpaired) electrons. The Bertz CT molecular complexity index is 956. The summed E-state index contributed by atoms with van der Waals surface area (Å²) in [6.07, 6.45) is 0. The number of hydrogen-bond donors (Lipinski definition) is 3. The number of aromatic hydroxyl groups is 3. The van der Waals surface area contributed by atoms with Gasteiger partial charge in [0, 0.05) is 6.07 Å². The first-order valence-corrected chi connectivity index (χ1v) is 6.25. The van der Waals surface area contributed by atoms with E-state index in [0.717, 1.165) is 6.07 Å². The lowest BCUT2D eigenvalue weighted by atomic mass is 10.1. The van der Waals surface area contributed by atoms with Crippen LogP contribution in [0.4, 0.5) is 0 Å². The normalized spacial score (nSPS) is 11.0. The second-order valence-electron chi connectivity index (χ2n) is 4.57. The van der Waals surface area contributed by atoms with E-state index >= 15 is 0 Å². The van der Waals surface area contributed by atoms with Gasteiger partial charge in [0.2, 0.25) is 11.2 Å². The molecule has 2 aromatic carbocycles. The summed E-state index contributed by atoms with van der Waals surface area (Å²) >= 11 is 0. The Balaban J connectivity index is 2.61. The molecule has 0 bridgehead atoms. The Morgan fingerprint density at radius 2 is 1.73 bits per heavy atom. The number of phenolic OH excluding ortho intramolecular Hbond substituents is 3. The third kappa shape index (κ3) is 1.72. The second-order valence-corrected chi connectivity index (χ2v) is 4.57. The lowest BCUT2D eigenvalue weighted by molar-refractivity contribution is 0.368. The van der Waals surface area contributed by atoms with Crippen LogP contribution in [-0.2, 0) is 0 Å². The summed E-state index contributed by atoms with van der Waals surface area (Å²) in [7, 11) is 2.64. The van der Waals surface area contributed by atoms with Crippen LogP contribution in [0.25, 0.3) is 21.9 Å². The SMILES string of the molecule is COc1ccc2oc3c(OC)c(O)cc(O)c3c(=O)c2c1O. The fraction of sp³-hybridized carbons (Fsp3) is 0.133. The van der Waals surface area contributed by atoms with E-state index in [4.69, 9.17) is 13.9 Å². The van der Waals surface area contributed by atoms with Gasteiger partial charge in [0.25, 0.3) is 0 Å². The number of benzene rings is 2. The third-order valence-corrected chi connectivity index (χ3v) is 3.39. The summed E-state index contributed by atoms with van der Waals surface area (Å²) in [6, 6.07) is 3.85. The molecular weight excluding hydrogens is 292 g/mol. The van der Waals surface area contributed by atoms with Crippen molar-refractivity contribution in [1.29, 1.82) is 0 Å². The van der Waals surface area contributed by atoms with Crippen LogP contribution in [0.3, 0.4) is 0 Å². The number of ether oxygens (including phenoxy) is 2. The molecule has 7 nitrogen and oxygen atoms in total. The molecule has 0 saturated heterocycles. The van der Waals surface area contributed by atoms with Crippen molar-refractivity contribution in [1.82, 2.24) is 0 Å². The molecule has 0 saturated carbocycles. The lowest BCUT2D eigenvalue weighted by Gasteiger charge is -2.11. The second kappa shape index (κ2) is 4.73. The molecule has 114 valence electrons. The largest absolute Gasteiger partial charge is 0.507 e. The highest BCUT2D eigenvalue weighted by atomic mass is 16.5. The maximum atomic E-state index is 12.6. The van der Waals surface area contributed by atoms with Gasteiger partial charge < -0.3 is 29.2 Å². The van der Waals surface area contributed by atoms with Gasteiger partial charge in [0.1, 0.15) is 22.1 Å². The van der Waals surface area contributed by atoms with Gasteiger partial charge in [-0.1, -0.05) is 0 Å². The van der Waals surface area contributed by atoms with Crippen molar-refractivity contribution in [2.45, 2.75) is 0 Å². The minimum absolute atomic E-state index is 0.0686. The highest BCUT2D eigenvalue weighted by Gasteiger charge is 2.22. The molecule has 1 aromatic heterocycles. The van der Waals surface area contributed by atoms with Crippen LogP contribution in [0.5, 0.6) is 28.7 Å². The molecule has 3 aromatic rings. The predicted octanol–water partition coefficient (Wildman–Crippen LogP) is 2.08. The van der Waals surface area contributed by atoms with Crippen LogP contribution in [0.1, 0.15) is 0 Å². The molecule has 0 atom stereocenters. The van der Waals surface area contributed by atoms with Crippen molar-refractivity contribution < 1.29 is 29.2 Å². The quantitative estimate of drug-likeness (QED) is 0.622. The number of rotatable bonds is 2. The average molecular weight is 304 g/mol. The fourth-order valence-electron chi connectivity index (χ4n) is 2.39. The van der Waals surface area contributed by atoms with Crippen LogP contribution < -0.4 is 14.9 Å². The van der Waals surface area contributed by atoms with Crippen LogP contribution in [0.2, 0.25) is 0 Å². The summed E-state index contributed by atoms with van der Waals surface area (Å²) in [5.41, 5.74) is -0.704. The van der Waals surface area contributed by atoms with E-state index in [0.29, 0.717) is 0 Å². The summed E-state index contributed by atoms with van der Waals surface area (Å²) in [5, 5.41) is 29.5. The van der Waals surface area contributed by atoms with Crippen LogP contribution in [-0.4, -0.2) is 29.5 Å². The number of fused-ring (bicyclic) bond motifs is 2. The van der Waals surface area contributed by atoms with Crippen molar-refractivity contribution in [2.75, 3.05) is 14.2 Å². The molecule has 0 aliphatic carbocycles. The Morgan fingerprint density at radius 1 is 1.00 bits per heavy atom. The standard InChI is InChI=1S/C15H12O7/c1-20-9-4-3-8-11(12(9)18)13(19)10-6(16)5-7(17)14(21-2)15(10)22-8/h3-5,16-18H,1-2H3. The predicted molar refractivity (Wildman–Crippen MR) is 78.1 cm³/mol. The van der Waals surface area contributed by atoms with Gasteiger partial charge in [-0.2, -0.15) is 0 Å². The Hall–Kier alpha value is -3.09. The van der Waals surface area contributed by atoms with Crippen LogP contribution in [0, 0.1) is 0 Å². The summed E-state index contributed by atoms with van der Waals surface area (Å²) in [6.45, 7) is 0. The zero-order valence-corrected chi connectivity index (χ0v) is 11.7. The highest BCUT2D eigenvalue weighted by Crippen LogP contribution is 2.42. The lowest BCUT2D eigenvalue weighted by Crippen LogP contribution is -2.04. The van der Waals surface area contributed by atoms with Crippen LogP contribution in [0.15, 0.2) is 27.4 Å². The summed E-state index contributed by atoms with van der Waals surface area (Å²) in [4.78, 5) is 12.6. The zero-order valence-electron chi connectivity index (χ0n) is 11.7.